The van der Waals surface area contributed by atoms with Crippen molar-refractivity contribution in [1.82, 2.24) is 5.32 Å². The van der Waals surface area contributed by atoms with E-state index < -0.39 is 6.85 Å². The zero-order valence-electron chi connectivity index (χ0n) is 16.4. The summed E-state index contributed by atoms with van der Waals surface area (Å²) in [5.41, 5.74) is 1.79. The average molecular weight is 334 g/mol. The summed E-state index contributed by atoms with van der Waals surface area (Å²) in [4.78, 5) is 6.05. The molecular formula is C19H26N2OS. The highest BCUT2D eigenvalue weighted by molar-refractivity contribution is 8.03. The Morgan fingerprint density at radius 2 is 2.30 bits per heavy atom. The standard InChI is InChI=1S/C19H26N2OS/c1-11-5-6-13-12-3-2-4-14(18(12)22-19(13)20-11)15-7-8-17-16(21-15)9-10-23-17/h8,12-13,15-16,19,21H,2-7,9-10H2,1H3/t12?,13?,15-,16-,19?/m1/s1/i1D3. The van der Waals surface area contributed by atoms with E-state index in [1.54, 1.807) is 0 Å². The molecule has 4 heteroatoms. The Kier molecular flexibility index (Phi) is 2.89. The summed E-state index contributed by atoms with van der Waals surface area (Å²) in [6.45, 7) is -2.08. The van der Waals surface area contributed by atoms with Gasteiger partial charge < -0.3 is 10.1 Å². The number of rotatable bonds is 1. The average Bonchev–Trinajstić information content (AvgIpc) is 3.23. The number of hydrogen-bond acceptors (Lipinski definition) is 4. The first kappa shape index (κ1) is 11.8. The first-order valence-corrected chi connectivity index (χ1v) is 10.0. The monoisotopic (exact) mass is 333 g/mol. The maximum absolute atomic E-state index is 7.67. The molecule has 0 aromatic rings. The fraction of sp³-hybridized carbons (Fsp3) is 0.737. The molecule has 0 spiro atoms. The highest BCUT2D eigenvalue weighted by atomic mass is 32.2. The van der Waals surface area contributed by atoms with Gasteiger partial charge in [-0.1, -0.05) is 6.08 Å². The topological polar surface area (TPSA) is 33.6 Å². The molecule has 3 nitrogen and oxygen atoms in total. The number of fused-ring (bicyclic) bond motifs is 4. The van der Waals surface area contributed by atoms with Gasteiger partial charge in [0.05, 0.1) is 0 Å². The first-order valence-electron chi connectivity index (χ1n) is 10.6. The van der Waals surface area contributed by atoms with Crippen LogP contribution in [-0.4, -0.2) is 29.8 Å². The van der Waals surface area contributed by atoms with Crippen molar-refractivity contribution >= 4 is 17.5 Å². The molecule has 0 saturated carbocycles. The van der Waals surface area contributed by atoms with Crippen LogP contribution in [0.4, 0.5) is 0 Å². The molecule has 5 rings (SSSR count). The summed E-state index contributed by atoms with van der Waals surface area (Å²) in [6.07, 6.45) is 9.37. The molecule has 0 amide bonds. The zero-order chi connectivity index (χ0) is 17.9. The molecule has 5 atom stereocenters. The number of allylic oxidation sites excluding steroid dienone is 1. The Morgan fingerprint density at radius 1 is 1.30 bits per heavy atom. The van der Waals surface area contributed by atoms with Crippen LogP contribution in [0.25, 0.3) is 0 Å². The lowest BCUT2D eigenvalue weighted by molar-refractivity contribution is 0.127. The number of aliphatic imine (C=N–C) groups is 1. The van der Waals surface area contributed by atoms with Gasteiger partial charge in [-0.05, 0) is 68.0 Å². The van der Waals surface area contributed by atoms with Crippen LogP contribution in [0.1, 0.15) is 55.9 Å². The Bertz CT molecular complexity index is 699. The third-order valence-electron chi connectivity index (χ3n) is 6.14. The molecule has 3 unspecified atom stereocenters. The zero-order valence-corrected chi connectivity index (χ0v) is 14.2. The SMILES string of the molecule is [2H]C([2H])([2H])C1=NC2OC3=C([C@H]4CC=C5SCC[C@H]5N4)CCCC3C2CC1. The molecule has 4 aliphatic heterocycles. The van der Waals surface area contributed by atoms with E-state index in [-0.39, 0.29) is 6.23 Å². The minimum absolute atomic E-state index is 0.274. The molecule has 2 saturated heterocycles. The number of thioether (sulfide) groups is 1. The number of ether oxygens (including phenoxy) is 1. The minimum atomic E-state index is -2.08. The van der Waals surface area contributed by atoms with Crippen LogP contribution < -0.4 is 5.32 Å². The van der Waals surface area contributed by atoms with Gasteiger partial charge in [0, 0.05) is 33.7 Å². The summed E-state index contributed by atoms with van der Waals surface area (Å²) >= 11 is 1.99. The van der Waals surface area contributed by atoms with Crippen LogP contribution >= 0.6 is 11.8 Å². The van der Waals surface area contributed by atoms with Crippen LogP contribution in [0.5, 0.6) is 0 Å². The maximum Gasteiger partial charge on any atom is 0.192 e. The Hall–Kier alpha value is -0.740. The third kappa shape index (κ3) is 2.41. The Labute approximate surface area is 147 Å². The van der Waals surface area contributed by atoms with Gasteiger partial charge in [0.25, 0.3) is 0 Å². The fourth-order valence-electron chi connectivity index (χ4n) is 5.02. The van der Waals surface area contributed by atoms with Gasteiger partial charge in [0.1, 0.15) is 5.76 Å². The number of hydrogen-bond donors (Lipinski definition) is 1. The van der Waals surface area contributed by atoms with E-state index in [4.69, 9.17) is 8.85 Å². The number of nitrogens with one attached hydrogen (secondary N) is 1. The van der Waals surface area contributed by atoms with Crippen LogP contribution in [0.2, 0.25) is 0 Å². The second-order valence-corrected chi connectivity index (χ2v) is 8.59. The lowest BCUT2D eigenvalue weighted by Crippen LogP contribution is -2.42. The first-order chi connectivity index (χ1) is 12.5. The quantitative estimate of drug-likeness (QED) is 0.787. The van der Waals surface area contributed by atoms with Gasteiger partial charge in [0.15, 0.2) is 6.23 Å². The van der Waals surface area contributed by atoms with Gasteiger partial charge >= 0.3 is 0 Å². The highest BCUT2D eigenvalue weighted by Crippen LogP contribution is 2.49. The van der Waals surface area contributed by atoms with E-state index in [0.29, 0.717) is 36.1 Å². The number of nitrogens with zero attached hydrogens (tertiary/aromatic N) is 1. The second-order valence-electron chi connectivity index (χ2n) is 7.43. The van der Waals surface area contributed by atoms with Crippen molar-refractivity contribution in [2.45, 2.75) is 70.1 Å². The van der Waals surface area contributed by atoms with Crippen LogP contribution in [-0.2, 0) is 4.74 Å². The van der Waals surface area contributed by atoms with E-state index in [1.165, 1.54) is 29.1 Å². The molecule has 124 valence electrons. The van der Waals surface area contributed by atoms with Crippen molar-refractivity contribution in [3.8, 4) is 0 Å². The van der Waals surface area contributed by atoms with E-state index in [1.807, 2.05) is 11.8 Å². The summed E-state index contributed by atoms with van der Waals surface area (Å²) in [5.74, 6) is 3.18. The van der Waals surface area contributed by atoms with Crippen LogP contribution in [0.3, 0.4) is 0 Å². The summed E-state index contributed by atoms with van der Waals surface area (Å²) < 4.78 is 29.3. The van der Waals surface area contributed by atoms with E-state index >= 15 is 0 Å². The van der Waals surface area contributed by atoms with Crippen molar-refractivity contribution in [3.05, 3.63) is 22.3 Å². The predicted octanol–water partition coefficient (Wildman–Crippen LogP) is 4.02. The van der Waals surface area contributed by atoms with Crippen molar-refractivity contribution in [2.24, 2.45) is 16.8 Å². The van der Waals surface area contributed by atoms with Crippen molar-refractivity contribution in [1.29, 1.82) is 0 Å². The molecule has 5 aliphatic rings. The van der Waals surface area contributed by atoms with Gasteiger partial charge in [-0.3, -0.25) is 4.99 Å². The lowest BCUT2D eigenvalue weighted by atomic mass is 9.76. The van der Waals surface area contributed by atoms with Crippen LogP contribution in [0.15, 0.2) is 27.3 Å². The maximum atomic E-state index is 7.67. The summed E-state index contributed by atoms with van der Waals surface area (Å²) in [6, 6.07) is 0.905. The largest absolute Gasteiger partial charge is 0.472 e. The molecule has 1 aliphatic carbocycles. The molecular weight excluding hydrogens is 304 g/mol. The van der Waals surface area contributed by atoms with E-state index in [0.717, 1.165) is 31.4 Å². The van der Waals surface area contributed by atoms with Gasteiger partial charge in [0.2, 0.25) is 0 Å². The molecule has 4 heterocycles. The third-order valence-corrected chi connectivity index (χ3v) is 7.36. The normalized spacial score (nSPS) is 44.9. The minimum Gasteiger partial charge on any atom is -0.472 e. The molecule has 2 fully saturated rings. The summed E-state index contributed by atoms with van der Waals surface area (Å²) in [5, 5.41) is 3.86. The molecule has 0 bridgehead atoms. The lowest BCUT2D eigenvalue weighted by Gasteiger charge is -2.33. The van der Waals surface area contributed by atoms with Crippen LogP contribution in [0, 0.1) is 11.8 Å². The fourth-order valence-corrected chi connectivity index (χ4v) is 6.21. The summed E-state index contributed by atoms with van der Waals surface area (Å²) in [7, 11) is 0. The van der Waals surface area contributed by atoms with Gasteiger partial charge in [-0.15, -0.1) is 11.8 Å². The van der Waals surface area contributed by atoms with Crippen molar-refractivity contribution < 1.29 is 8.85 Å². The molecule has 0 radical (unpaired) electrons. The molecule has 1 N–H and O–H groups in total. The van der Waals surface area contributed by atoms with E-state index in [2.05, 4.69) is 16.4 Å². The van der Waals surface area contributed by atoms with Gasteiger partial charge in [-0.25, -0.2) is 0 Å². The van der Waals surface area contributed by atoms with E-state index in [9.17, 15) is 0 Å². The van der Waals surface area contributed by atoms with Crippen molar-refractivity contribution in [2.75, 3.05) is 5.75 Å². The second kappa shape index (κ2) is 5.66. The smallest absolute Gasteiger partial charge is 0.192 e. The Balaban J connectivity index is 1.43. The predicted molar refractivity (Wildman–Crippen MR) is 95.6 cm³/mol. The molecule has 0 aromatic heterocycles. The molecule has 23 heavy (non-hydrogen) atoms. The molecule has 0 aromatic carbocycles. The van der Waals surface area contributed by atoms with Crippen molar-refractivity contribution in [3.63, 3.8) is 0 Å². The Morgan fingerprint density at radius 3 is 3.26 bits per heavy atom. The highest BCUT2D eigenvalue weighted by Gasteiger charge is 2.46. The van der Waals surface area contributed by atoms with Gasteiger partial charge in [-0.2, -0.15) is 0 Å².